The van der Waals surface area contributed by atoms with Crippen molar-refractivity contribution >= 4 is 46.1 Å². The minimum atomic E-state index is -1.14. The number of imidazole rings is 1. The number of aromatic nitrogens is 7. The summed E-state index contributed by atoms with van der Waals surface area (Å²) >= 11 is 0. The van der Waals surface area contributed by atoms with Gasteiger partial charge in [-0.1, -0.05) is 17.0 Å². The standard InChI is InChI=1S/C22H22N8O8/c1-10(31)34-8-15-17(35-11(2)32)18(36-12(3)33)21(37-15)29-9-24-16-19(29)25-22(23)26-20(16)38-30-14-7-5-4-6-13(14)27-28-30/h4-7,9,15,17-18,21H,8H2,1-3H3,(H2,23,25,26)/t15-,17-,18-,21-/m1/s1. The first-order chi connectivity index (χ1) is 18.2. The van der Waals surface area contributed by atoms with E-state index >= 15 is 0 Å². The summed E-state index contributed by atoms with van der Waals surface area (Å²) in [5.41, 5.74) is 7.47. The molecular formula is C22H22N8O8. The minimum Gasteiger partial charge on any atom is -0.463 e. The zero-order chi connectivity index (χ0) is 27.0. The zero-order valence-electron chi connectivity index (χ0n) is 20.4. The van der Waals surface area contributed by atoms with E-state index in [1.54, 1.807) is 18.2 Å². The minimum absolute atomic E-state index is 0.0306. The topological polar surface area (TPSA) is 198 Å². The number of fused-ring (bicyclic) bond motifs is 2. The number of hydrogen-bond donors (Lipinski definition) is 1. The highest BCUT2D eigenvalue weighted by molar-refractivity contribution is 5.78. The third-order valence-electron chi connectivity index (χ3n) is 5.52. The number of anilines is 1. The van der Waals surface area contributed by atoms with Crippen molar-refractivity contribution in [3.8, 4) is 5.88 Å². The van der Waals surface area contributed by atoms with E-state index in [1.165, 1.54) is 31.7 Å². The molecule has 1 fully saturated rings. The van der Waals surface area contributed by atoms with Crippen LogP contribution < -0.4 is 10.6 Å². The van der Waals surface area contributed by atoms with Crippen molar-refractivity contribution in [3.63, 3.8) is 0 Å². The summed E-state index contributed by atoms with van der Waals surface area (Å²) in [4.78, 5) is 55.0. The molecule has 1 aliphatic rings. The van der Waals surface area contributed by atoms with E-state index in [0.717, 1.165) is 4.85 Å². The van der Waals surface area contributed by atoms with Crippen molar-refractivity contribution in [2.24, 2.45) is 0 Å². The van der Waals surface area contributed by atoms with Gasteiger partial charge in [0.1, 0.15) is 23.7 Å². The number of carbonyl (C=O) groups is 3. The Morgan fingerprint density at radius 2 is 1.76 bits per heavy atom. The Hall–Kier alpha value is -4.86. The van der Waals surface area contributed by atoms with Gasteiger partial charge in [0.25, 0.3) is 5.88 Å². The maximum Gasteiger partial charge on any atom is 0.303 e. The van der Waals surface area contributed by atoms with E-state index < -0.39 is 42.4 Å². The van der Waals surface area contributed by atoms with E-state index in [0.29, 0.717) is 11.0 Å². The average Bonchev–Trinajstić information content (AvgIpc) is 3.54. The maximum atomic E-state index is 12.0. The molecule has 0 spiro atoms. The van der Waals surface area contributed by atoms with Crippen molar-refractivity contribution in [1.29, 1.82) is 0 Å². The molecule has 5 rings (SSSR count). The van der Waals surface area contributed by atoms with Gasteiger partial charge in [-0.3, -0.25) is 19.0 Å². The zero-order valence-corrected chi connectivity index (χ0v) is 20.4. The Bertz CT molecular complexity index is 1530. The molecule has 0 saturated carbocycles. The van der Waals surface area contributed by atoms with Crippen LogP contribution in [0.15, 0.2) is 30.6 Å². The number of rotatable bonds is 7. The van der Waals surface area contributed by atoms with E-state index in [-0.39, 0.29) is 29.6 Å². The van der Waals surface area contributed by atoms with Crippen LogP contribution in [-0.4, -0.2) is 77.5 Å². The van der Waals surface area contributed by atoms with E-state index in [4.69, 9.17) is 29.5 Å². The Balaban J connectivity index is 1.54. The Morgan fingerprint density at radius 3 is 2.50 bits per heavy atom. The van der Waals surface area contributed by atoms with Gasteiger partial charge in [-0.15, -0.1) is 5.10 Å². The van der Waals surface area contributed by atoms with E-state index in [2.05, 4.69) is 25.3 Å². The lowest BCUT2D eigenvalue weighted by Gasteiger charge is -2.23. The van der Waals surface area contributed by atoms with Crippen molar-refractivity contribution in [2.75, 3.05) is 12.3 Å². The first kappa shape index (κ1) is 24.8. The third kappa shape index (κ3) is 4.75. The van der Waals surface area contributed by atoms with Crippen LogP contribution in [0.1, 0.15) is 27.0 Å². The molecule has 38 heavy (non-hydrogen) atoms. The van der Waals surface area contributed by atoms with Crippen molar-refractivity contribution in [1.82, 2.24) is 34.7 Å². The van der Waals surface area contributed by atoms with Crippen LogP contribution >= 0.6 is 0 Å². The molecule has 0 amide bonds. The van der Waals surface area contributed by atoms with Gasteiger partial charge >= 0.3 is 17.9 Å². The molecule has 0 aliphatic carbocycles. The van der Waals surface area contributed by atoms with Gasteiger partial charge in [-0.25, -0.2) is 4.98 Å². The molecule has 1 aromatic carbocycles. The van der Waals surface area contributed by atoms with Gasteiger partial charge in [0.15, 0.2) is 29.6 Å². The lowest BCUT2D eigenvalue weighted by molar-refractivity contribution is -0.166. The predicted octanol–water partition coefficient (Wildman–Crippen LogP) is 0.319. The number of hydrogen-bond acceptors (Lipinski definition) is 14. The Labute approximate surface area is 213 Å². The highest BCUT2D eigenvalue weighted by Crippen LogP contribution is 2.37. The summed E-state index contributed by atoms with van der Waals surface area (Å²) < 4.78 is 23.4. The van der Waals surface area contributed by atoms with Crippen molar-refractivity contribution < 1.29 is 38.2 Å². The molecule has 0 bridgehead atoms. The number of benzene rings is 1. The predicted molar refractivity (Wildman–Crippen MR) is 125 cm³/mol. The summed E-state index contributed by atoms with van der Waals surface area (Å²) in [7, 11) is 0. The number of carbonyl (C=O) groups excluding carboxylic acids is 3. The number of nitrogens with zero attached hydrogens (tertiary/aromatic N) is 7. The van der Waals surface area contributed by atoms with Crippen molar-refractivity contribution in [3.05, 3.63) is 30.6 Å². The molecule has 4 atom stereocenters. The number of esters is 3. The number of nitrogen functional groups attached to an aromatic ring is 1. The van der Waals surface area contributed by atoms with Crippen LogP contribution in [0.5, 0.6) is 5.88 Å². The van der Waals surface area contributed by atoms with Gasteiger partial charge in [0.2, 0.25) is 5.95 Å². The molecule has 3 aromatic heterocycles. The maximum absolute atomic E-state index is 12.0. The van der Waals surface area contributed by atoms with Gasteiger partial charge in [0.05, 0.1) is 6.33 Å². The molecule has 4 heterocycles. The lowest BCUT2D eigenvalue weighted by Crippen LogP contribution is -2.40. The molecule has 1 saturated heterocycles. The number of nitrogens with two attached hydrogens (primary N) is 1. The highest BCUT2D eigenvalue weighted by atomic mass is 16.7. The molecule has 16 heteroatoms. The smallest absolute Gasteiger partial charge is 0.303 e. The van der Waals surface area contributed by atoms with Crippen LogP contribution in [-0.2, 0) is 33.3 Å². The first-order valence-corrected chi connectivity index (χ1v) is 11.3. The van der Waals surface area contributed by atoms with Crippen molar-refractivity contribution in [2.45, 2.75) is 45.3 Å². The SMILES string of the molecule is CC(=O)OC[C@H]1O[C@@H](n2cnc3c(On4nnc5ccccc54)nc(N)nc32)[C@H](OC(C)=O)[C@@H]1OC(C)=O. The Kier molecular flexibility index (Phi) is 6.46. The summed E-state index contributed by atoms with van der Waals surface area (Å²) in [5, 5.41) is 8.01. The van der Waals surface area contributed by atoms with Crippen LogP contribution in [0, 0.1) is 0 Å². The molecule has 0 unspecified atom stereocenters. The van der Waals surface area contributed by atoms with Crippen LogP contribution in [0.2, 0.25) is 0 Å². The van der Waals surface area contributed by atoms with E-state index in [9.17, 15) is 14.4 Å². The summed E-state index contributed by atoms with van der Waals surface area (Å²) in [6.45, 7) is 3.35. The highest BCUT2D eigenvalue weighted by Gasteiger charge is 2.51. The van der Waals surface area contributed by atoms with E-state index in [1.807, 2.05) is 6.07 Å². The number of ether oxygens (including phenoxy) is 4. The molecule has 0 radical (unpaired) electrons. The van der Waals surface area contributed by atoms with Crippen LogP contribution in [0.4, 0.5) is 5.95 Å². The van der Waals surface area contributed by atoms with Gasteiger partial charge in [-0.05, 0) is 17.3 Å². The molecule has 1 aliphatic heterocycles. The fourth-order valence-corrected chi connectivity index (χ4v) is 4.07. The second-order valence-electron chi connectivity index (χ2n) is 8.27. The summed E-state index contributed by atoms with van der Waals surface area (Å²) in [5.74, 6) is -2.07. The second-order valence-corrected chi connectivity index (χ2v) is 8.27. The largest absolute Gasteiger partial charge is 0.463 e. The lowest BCUT2D eigenvalue weighted by atomic mass is 10.1. The molecule has 4 aromatic rings. The quantitative estimate of drug-likeness (QED) is 0.255. The monoisotopic (exact) mass is 526 g/mol. The van der Waals surface area contributed by atoms with Gasteiger partial charge in [-0.2, -0.15) is 9.97 Å². The average molecular weight is 526 g/mol. The van der Waals surface area contributed by atoms with Crippen LogP contribution in [0.3, 0.4) is 0 Å². The van der Waals surface area contributed by atoms with Gasteiger partial charge < -0.3 is 29.5 Å². The van der Waals surface area contributed by atoms with Gasteiger partial charge in [0, 0.05) is 20.8 Å². The molecular weight excluding hydrogens is 504 g/mol. The molecule has 16 nitrogen and oxygen atoms in total. The first-order valence-electron chi connectivity index (χ1n) is 11.3. The van der Waals surface area contributed by atoms with Crippen LogP contribution in [0.25, 0.3) is 22.2 Å². The fraction of sp³-hybridized carbons (Fsp3) is 0.364. The molecule has 198 valence electrons. The number of para-hydroxylation sites is 1. The summed E-state index contributed by atoms with van der Waals surface area (Å²) in [6, 6.07) is 7.12. The second kappa shape index (κ2) is 9.89. The normalized spacial score (nSPS) is 20.9. The fourth-order valence-electron chi connectivity index (χ4n) is 4.07. The third-order valence-corrected chi connectivity index (χ3v) is 5.52. The Morgan fingerprint density at radius 1 is 1.03 bits per heavy atom. The molecule has 2 N–H and O–H groups in total. The summed E-state index contributed by atoms with van der Waals surface area (Å²) in [6.07, 6.45) is -2.95.